The Bertz CT molecular complexity index is 864. The molecule has 0 radical (unpaired) electrons. The number of aromatic hydroxyl groups is 1. The van der Waals surface area contributed by atoms with Gasteiger partial charge in [-0.3, -0.25) is 4.79 Å². The zero-order valence-electron chi connectivity index (χ0n) is 14.1. The Balaban J connectivity index is 2.45. The minimum absolute atomic E-state index is 0.00463. The third kappa shape index (κ3) is 3.79. The lowest BCUT2D eigenvalue weighted by Crippen LogP contribution is -2.31. The maximum Gasteiger partial charge on any atom is 0.337 e. The largest absolute Gasteiger partial charge is 0.506 e. The second kappa shape index (κ2) is 7.72. The number of carbonyl (C=O) groups is 2. The van der Waals surface area contributed by atoms with Crippen LogP contribution in [0.2, 0.25) is 0 Å². The fourth-order valence-corrected chi connectivity index (χ4v) is 3.14. The van der Waals surface area contributed by atoms with Gasteiger partial charge < -0.3 is 25.2 Å². The smallest absolute Gasteiger partial charge is 0.337 e. The third-order valence-corrected chi connectivity index (χ3v) is 5.17. The first-order chi connectivity index (χ1) is 12.2. The molecule has 0 bridgehead atoms. The highest BCUT2D eigenvalue weighted by Gasteiger charge is 2.34. The molecule has 0 aliphatic carbocycles. The molecule has 0 saturated heterocycles. The van der Waals surface area contributed by atoms with Crippen LogP contribution in [-0.2, 0) is 24.3 Å². The number of aliphatic hydroxyl groups excluding tert-OH is 1. The monoisotopic (exact) mass is 385 g/mol. The van der Waals surface area contributed by atoms with Crippen molar-refractivity contribution in [2.75, 3.05) is 39.2 Å². The molecule has 2 rings (SSSR count). The van der Waals surface area contributed by atoms with Crippen molar-refractivity contribution in [1.82, 2.24) is 9.62 Å². The van der Waals surface area contributed by atoms with E-state index in [-0.39, 0.29) is 47.3 Å². The summed E-state index contributed by atoms with van der Waals surface area (Å²) in [5.74, 6) is -1.65. The van der Waals surface area contributed by atoms with E-state index in [1.165, 1.54) is 18.0 Å². The molecule has 11 heteroatoms. The highest BCUT2D eigenvalue weighted by molar-refractivity contribution is 7.89. The molecule has 1 aromatic carbocycles. The van der Waals surface area contributed by atoms with Gasteiger partial charge in [-0.15, -0.1) is 0 Å². The number of methoxy groups -OCH3 is 1. The van der Waals surface area contributed by atoms with Crippen LogP contribution >= 0.6 is 0 Å². The normalized spacial score (nSPS) is 14.7. The zero-order valence-corrected chi connectivity index (χ0v) is 15.0. The molecule has 1 aliphatic heterocycles. The Labute approximate surface area is 150 Å². The molecule has 1 heterocycles. The van der Waals surface area contributed by atoms with Crippen molar-refractivity contribution < 1.29 is 33.0 Å². The van der Waals surface area contributed by atoms with Crippen LogP contribution in [0, 0.1) is 0 Å². The number of amides is 1. The number of β-amino-alcohol motifs (C(OH)–C–C–N with tert-alkyl or cyclic N) is 1. The number of benzene rings is 1. The molecule has 0 atom stereocenters. The Morgan fingerprint density at radius 3 is 2.65 bits per heavy atom. The number of nitrogens with zero attached hydrogens (tertiary/aromatic N) is 1. The summed E-state index contributed by atoms with van der Waals surface area (Å²) in [6.07, 6.45) is 0. The van der Waals surface area contributed by atoms with E-state index >= 15 is 0 Å². The molecular formula is C15H19N3O7S. The average molecular weight is 385 g/mol. The van der Waals surface area contributed by atoms with Crippen molar-refractivity contribution in [1.29, 1.82) is 0 Å². The number of phenolic OH excluding ortho intramolecular Hbond substituents is 1. The maximum absolute atomic E-state index is 12.5. The van der Waals surface area contributed by atoms with Gasteiger partial charge in [0.1, 0.15) is 11.4 Å². The lowest BCUT2D eigenvalue weighted by molar-refractivity contribution is -0.136. The number of carbonyl (C=O) groups excluding carboxylic acids is 2. The van der Waals surface area contributed by atoms with Crippen molar-refractivity contribution in [3.63, 3.8) is 0 Å². The Kier molecular flexibility index (Phi) is 5.85. The molecule has 0 fully saturated rings. The van der Waals surface area contributed by atoms with E-state index < -0.39 is 21.9 Å². The molecule has 1 aliphatic rings. The first-order valence-electron chi connectivity index (χ1n) is 7.50. The van der Waals surface area contributed by atoms with Crippen LogP contribution < -0.4 is 10.0 Å². The summed E-state index contributed by atoms with van der Waals surface area (Å²) in [5, 5.41) is 21.6. The number of sulfonamides is 1. The van der Waals surface area contributed by atoms with E-state index in [1.807, 2.05) is 0 Å². The van der Waals surface area contributed by atoms with Gasteiger partial charge in [0, 0.05) is 6.54 Å². The van der Waals surface area contributed by atoms with E-state index in [2.05, 4.69) is 14.8 Å². The number of nitrogens with one attached hydrogen (secondary N) is 2. The topological polar surface area (TPSA) is 145 Å². The summed E-state index contributed by atoms with van der Waals surface area (Å²) >= 11 is 0. The summed E-state index contributed by atoms with van der Waals surface area (Å²) in [6, 6.07) is 3.47. The lowest BCUT2D eigenvalue weighted by atomic mass is 10.2. The van der Waals surface area contributed by atoms with Crippen LogP contribution in [0.5, 0.6) is 5.75 Å². The van der Waals surface area contributed by atoms with Crippen LogP contribution in [0.4, 0.5) is 5.69 Å². The van der Waals surface area contributed by atoms with E-state index in [1.54, 1.807) is 0 Å². The number of rotatable bonds is 7. The Hall–Kier alpha value is -2.63. The summed E-state index contributed by atoms with van der Waals surface area (Å²) in [5.41, 5.74) is -0.219. The number of esters is 1. The van der Waals surface area contributed by atoms with Crippen LogP contribution in [0.25, 0.3) is 0 Å². The van der Waals surface area contributed by atoms with E-state index in [0.717, 1.165) is 19.2 Å². The van der Waals surface area contributed by atoms with Gasteiger partial charge >= 0.3 is 5.97 Å². The summed E-state index contributed by atoms with van der Waals surface area (Å²) in [7, 11) is -1.38. The SMILES string of the molecule is CNS(=O)(=O)c1ccc(O)c(NC2=C(C(=O)OC)CN(CCO)C2=O)c1. The number of ether oxygens (including phenoxy) is 1. The van der Waals surface area contributed by atoms with Gasteiger partial charge in [-0.2, -0.15) is 0 Å². The second-order valence-corrected chi connectivity index (χ2v) is 7.19. The molecule has 142 valence electrons. The fourth-order valence-electron chi connectivity index (χ4n) is 2.38. The molecule has 0 aromatic heterocycles. The second-order valence-electron chi connectivity index (χ2n) is 5.31. The van der Waals surface area contributed by atoms with Crippen molar-refractivity contribution in [2.45, 2.75) is 4.90 Å². The van der Waals surface area contributed by atoms with Crippen molar-refractivity contribution in [3.8, 4) is 5.75 Å². The van der Waals surface area contributed by atoms with Crippen molar-refractivity contribution in [3.05, 3.63) is 29.5 Å². The van der Waals surface area contributed by atoms with Gasteiger partial charge in [0.25, 0.3) is 5.91 Å². The first kappa shape index (κ1) is 19.7. The minimum atomic E-state index is -3.78. The number of hydrogen-bond donors (Lipinski definition) is 4. The third-order valence-electron chi connectivity index (χ3n) is 3.76. The van der Waals surface area contributed by atoms with Gasteiger partial charge in [0.05, 0.1) is 36.4 Å². The Morgan fingerprint density at radius 2 is 2.08 bits per heavy atom. The number of hydrogen-bond acceptors (Lipinski definition) is 8. The summed E-state index contributed by atoms with van der Waals surface area (Å²) in [6.45, 7) is -0.372. The van der Waals surface area contributed by atoms with Crippen LogP contribution in [0.1, 0.15) is 0 Å². The molecule has 1 amide bonds. The lowest BCUT2D eigenvalue weighted by Gasteiger charge is -2.15. The van der Waals surface area contributed by atoms with Gasteiger partial charge in [0.15, 0.2) is 0 Å². The van der Waals surface area contributed by atoms with E-state index in [4.69, 9.17) is 5.11 Å². The van der Waals surface area contributed by atoms with E-state index in [0.29, 0.717) is 0 Å². The van der Waals surface area contributed by atoms with Gasteiger partial charge in [-0.05, 0) is 25.2 Å². The molecule has 10 nitrogen and oxygen atoms in total. The highest BCUT2D eigenvalue weighted by Crippen LogP contribution is 2.30. The Morgan fingerprint density at radius 1 is 1.38 bits per heavy atom. The molecule has 0 spiro atoms. The minimum Gasteiger partial charge on any atom is -0.506 e. The predicted octanol–water partition coefficient (Wildman–Crippen LogP) is -1.03. The van der Waals surface area contributed by atoms with Gasteiger partial charge in [0.2, 0.25) is 10.0 Å². The summed E-state index contributed by atoms with van der Waals surface area (Å²) < 4.78 is 30.6. The molecule has 0 unspecified atom stereocenters. The first-order valence-corrected chi connectivity index (χ1v) is 8.98. The molecule has 1 aromatic rings. The van der Waals surface area contributed by atoms with Crippen LogP contribution in [0.3, 0.4) is 0 Å². The molecule has 0 saturated carbocycles. The van der Waals surface area contributed by atoms with Gasteiger partial charge in [-0.1, -0.05) is 0 Å². The van der Waals surface area contributed by atoms with Crippen molar-refractivity contribution in [2.24, 2.45) is 0 Å². The highest BCUT2D eigenvalue weighted by atomic mass is 32.2. The number of aliphatic hydroxyl groups is 1. The zero-order chi connectivity index (χ0) is 19.5. The quantitative estimate of drug-likeness (QED) is 0.344. The molecular weight excluding hydrogens is 366 g/mol. The van der Waals surface area contributed by atoms with Crippen molar-refractivity contribution >= 4 is 27.6 Å². The number of anilines is 1. The summed E-state index contributed by atoms with van der Waals surface area (Å²) in [4.78, 5) is 25.5. The standard InChI is InChI=1S/C15H19N3O7S/c1-16-26(23,24)9-3-4-12(20)11(7-9)17-13-10(15(22)25-2)8-18(5-6-19)14(13)21/h3-4,7,16-17,19-20H,5-6,8H2,1-2H3. The van der Waals surface area contributed by atoms with Crippen LogP contribution in [0.15, 0.2) is 34.4 Å². The molecule has 26 heavy (non-hydrogen) atoms. The maximum atomic E-state index is 12.5. The van der Waals surface area contributed by atoms with Crippen LogP contribution in [-0.4, -0.2) is 69.3 Å². The molecule has 4 N–H and O–H groups in total. The van der Waals surface area contributed by atoms with Gasteiger partial charge in [-0.25, -0.2) is 17.9 Å². The predicted molar refractivity (Wildman–Crippen MR) is 90.7 cm³/mol. The fraction of sp³-hybridized carbons (Fsp3) is 0.333. The average Bonchev–Trinajstić information content (AvgIpc) is 2.92. The van der Waals surface area contributed by atoms with E-state index in [9.17, 15) is 23.1 Å². The number of phenols is 1.